The van der Waals surface area contributed by atoms with Crippen molar-refractivity contribution in [2.45, 2.75) is 41.0 Å². The van der Waals surface area contributed by atoms with E-state index >= 15 is 0 Å². The highest BCUT2D eigenvalue weighted by atomic mass is 35.5. The van der Waals surface area contributed by atoms with Crippen molar-refractivity contribution in [3.63, 3.8) is 0 Å². The van der Waals surface area contributed by atoms with Gasteiger partial charge in [-0.15, -0.1) is 0 Å². The highest BCUT2D eigenvalue weighted by Gasteiger charge is 2.10. The molecule has 0 aliphatic rings. The molecule has 0 spiro atoms. The Morgan fingerprint density at radius 1 is 1.00 bits per heavy atom. The topological polar surface area (TPSA) is 0 Å². The molecular formula is C22H25ClF2. The maximum Gasteiger partial charge on any atom is 0.131 e. The summed E-state index contributed by atoms with van der Waals surface area (Å²) in [4.78, 5) is 0. The summed E-state index contributed by atoms with van der Waals surface area (Å²) < 4.78 is 28.3. The van der Waals surface area contributed by atoms with Crippen molar-refractivity contribution < 1.29 is 8.78 Å². The molecule has 2 aromatic rings. The van der Waals surface area contributed by atoms with Gasteiger partial charge in [0.05, 0.1) is 0 Å². The highest BCUT2D eigenvalue weighted by Crippen LogP contribution is 2.29. The second-order valence-corrected chi connectivity index (χ2v) is 6.01. The molecule has 0 aliphatic heterocycles. The third-order valence-corrected chi connectivity index (χ3v) is 3.90. The molecular weight excluding hydrogens is 338 g/mol. The van der Waals surface area contributed by atoms with Crippen LogP contribution < -0.4 is 0 Å². The van der Waals surface area contributed by atoms with Crippen LogP contribution in [0.25, 0.3) is 16.7 Å². The van der Waals surface area contributed by atoms with Gasteiger partial charge in [0.25, 0.3) is 0 Å². The van der Waals surface area contributed by atoms with E-state index in [0.717, 1.165) is 11.1 Å². The van der Waals surface area contributed by atoms with E-state index in [1.807, 2.05) is 39.0 Å². The van der Waals surface area contributed by atoms with Crippen LogP contribution in [0.2, 0.25) is 5.02 Å². The van der Waals surface area contributed by atoms with Crippen LogP contribution >= 0.6 is 11.6 Å². The van der Waals surface area contributed by atoms with Crippen LogP contribution in [0, 0.1) is 5.82 Å². The van der Waals surface area contributed by atoms with Gasteiger partial charge in [-0.3, -0.25) is 0 Å². The minimum absolute atomic E-state index is 0.317. The first-order valence-electron chi connectivity index (χ1n) is 8.51. The first kappa shape index (κ1) is 21.1. The van der Waals surface area contributed by atoms with Crippen molar-refractivity contribution in [1.82, 2.24) is 0 Å². The zero-order valence-corrected chi connectivity index (χ0v) is 16.2. The lowest BCUT2D eigenvalue weighted by Gasteiger charge is -2.09. The second-order valence-electron chi connectivity index (χ2n) is 5.57. The quantitative estimate of drug-likeness (QED) is 0.480. The minimum atomic E-state index is -0.355. The van der Waals surface area contributed by atoms with Gasteiger partial charge in [-0.2, -0.15) is 0 Å². The molecule has 0 saturated carbocycles. The summed E-state index contributed by atoms with van der Waals surface area (Å²) in [7, 11) is 0. The maximum absolute atomic E-state index is 14.5. The van der Waals surface area contributed by atoms with Gasteiger partial charge in [0.15, 0.2) is 0 Å². The average Bonchev–Trinajstić information content (AvgIpc) is 2.62. The third kappa shape index (κ3) is 5.82. The van der Waals surface area contributed by atoms with Gasteiger partial charge in [-0.1, -0.05) is 56.6 Å². The lowest BCUT2D eigenvalue weighted by molar-refractivity contribution is 0.623. The van der Waals surface area contributed by atoms with Crippen LogP contribution in [0.1, 0.15) is 46.6 Å². The lowest BCUT2D eigenvalue weighted by atomic mass is 9.97. The average molecular weight is 363 g/mol. The maximum atomic E-state index is 14.5. The number of hydrogen-bond acceptors (Lipinski definition) is 0. The second kappa shape index (κ2) is 10.1. The van der Waals surface area contributed by atoms with Crippen molar-refractivity contribution in [2.75, 3.05) is 0 Å². The summed E-state index contributed by atoms with van der Waals surface area (Å²) in [5.41, 5.74) is 3.30. The van der Waals surface area contributed by atoms with Crippen molar-refractivity contribution in [2.24, 2.45) is 0 Å². The van der Waals surface area contributed by atoms with E-state index in [-0.39, 0.29) is 11.6 Å². The molecule has 0 fully saturated rings. The monoisotopic (exact) mass is 362 g/mol. The fourth-order valence-corrected chi connectivity index (χ4v) is 2.39. The molecule has 25 heavy (non-hydrogen) atoms. The Hall–Kier alpha value is -1.93. The highest BCUT2D eigenvalue weighted by molar-refractivity contribution is 6.30. The smallest absolute Gasteiger partial charge is 0.131 e. The van der Waals surface area contributed by atoms with Crippen LogP contribution in [-0.2, 0) is 0 Å². The van der Waals surface area contributed by atoms with Gasteiger partial charge in [-0.25, -0.2) is 8.78 Å². The fraction of sp³-hybridized carbons (Fsp3) is 0.273. The van der Waals surface area contributed by atoms with Gasteiger partial charge in [0.1, 0.15) is 11.6 Å². The van der Waals surface area contributed by atoms with E-state index in [1.54, 1.807) is 32.0 Å². The normalized spacial score (nSPS) is 10.8. The van der Waals surface area contributed by atoms with E-state index in [9.17, 15) is 8.78 Å². The molecule has 0 nitrogen and oxygen atoms in total. The van der Waals surface area contributed by atoms with E-state index in [0.29, 0.717) is 28.2 Å². The number of allylic oxidation sites excluding steroid dienone is 4. The molecule has 0 amide bonds. The number of benzene rings is 2. The van der Waals surface area contributed by atoms with Crippen LogP contribution in [0.4, 0.5) is 8.78 Å². The molecule has 2 rings (SSSR count). The van der Waals surface area contributed by atoms with E-state index in [1.165, 1.54) is 12.1 Å². The number of halogens is 3. The van der Waals surface area contributed by atoms with Gasteiger partial charge in [-0.05, 0) is 66.8 Å². The van der Waals surface area contributed by atoms with Crippen LogP contribution in [0.5, 0.6) is 0 Å². The first-order valence-corrected chi connectivity index (χ1v) is 8.89. The van der Waals surface area contributed by atoms with Crippen molar-refractivity contribution >= 4 is 17.2 Å². The Morgan fingerprint density at radius 3 is 2.04 bits per heavy atom. The van der Waals surface area contributed by atoms with Gasteiger partial charge in [0, 0.05) is 10.6 Å². The largest absolute Gasteiger partial charge is 0.207 e. The summed E-state index contributed by atoms with van der Waals surface area (Å²) in [6.07, 6.45) is 1.97. The van der Waals surface area contributed by atoms with E-state index in [2.05, 4.69) is 0 Å². The summed E-state index contributed by atoms with van der Waals surface area (Å²) >= 11 is 5.87. The van der Waals surface area contributed by atoms with E-state index in [4.69, 9.17) is 11.6 Å². The molecule has 3 heteroatoms. The molecule has 0 N–H and O–H groups in total. The van der Waals surface area contributed by atoms with E-state index < -0.39 is 0 Å². The molecule has 134 valence electrons. The van der Waals surface area contributed by atoms with Crippen LogP contribution in [0.15, 0.2) is 59.9 Å². The predicted octanol–water partition coefficient (Wildman–Crippen LogP) is 8.23. The zero-order chi connectivity index (χ0) is 19.0. The first-order chi connectivity index (χ1) is 11.9. The Morgan fingerprint density at radius 2 is 1.56 bits per heavy atom. The summed E-state index contributed by atoms with van der Waals surface area (Å²) in [6, 6.07) is 12.2. The third-order valence-electron chi connectivity index (χ3n) is 3.65. The minimum Gasteiger partial charge on any atom is -0.207 e. The van der Waals surface area contributed by atoms with Gasteiger partial charge >= 0.3 is 0 Å². The molecule has 0 radical (unpaired) electrons. The SMILES string of the molecule is CC.CC/C(=C\C(F)=C(C)C)c1ccc(-c2ccc(Cl)cc2)cc1F. The van der Waals surface area contributed by atoms with Gasteiger partial charge in [0.2, 0.25) is 0 Å². The molecule has 2 aromatic carbocycles. The van der Waals surface area contributed by atoms with Crippen molar-refractivity contribution in [3.05, 3.63) is 76.3 Å². The molecule has 0 atom stereocenters. The molecule has 0 bridgehead atoms. The zero-order valence-electron chi connectivity index (χ0n) is 15.5. The molecule has 0 unspecified atom stereocenters. The number of rotatable bonds is 4. The Bertz CT molecular complexity index is 752. The fourth-order valence-electron chi connectivity index (χ4n) is 2.26. The Labute approximate surface area is 154 Å². The van der Waals surface area contributed by atoms with Crippen LogP contribution in [0.3, 0.4) is 0 Å². The lowest BCUT2D eigenvalue weighted by Crippen LogP contribution is -1.91. The summed E-state index contributed by atoms with van der Waals surface area (Å²) in [6.45, 7) is 9.27. The number of hydrogen-bond donors (Lipinski definition) is 0. The molecule has 0 aromatic heterocycles. The predicted molar refractivity (Wildman–Crippen MR) is 106 cm³/mol. The van der Waals surface area contributed by atoms with Crippen molar-refractivity contribution in [1.29, 1.82) is 0 Å². The Kier molecular flexibility index (Phi) is 8.57. The molecule has 0 saturated heterocycles. The summed E-state index contributed by atoms with van der Waals surface area (Å²) in [5, 5.41) is 0.638. The van der Waals surface area contributed by atoms with Crippen molar-refractivity contribution in [3.8, 4) is 11.1 Å². The molecule has 0 aliphatic carbocycles. The summed E-state index contributed by atoms with van der Waals surface area (Å²) in [5.74, 6) is -0.671. The van der Waals surface area contributed by atoms with Crippen LogP contribution in [-0.4, -0.2) is 0 Å². The van der Waals surface area contributed by atoms with Gasteiger partial charge < -0.3 is 0 Å². The Balaban J connectivity index is 0.00000151. The molecule has 0 heterocycles. The standard InChI is InChI=1S/C20H19ClF2.C2H6/c1-4-14(11-19(22)13(2)3)18-10-7-16(12-20(18)23)15-5-8-17(21)9-6-15;1-2/h5-12H,4H2,1-3H3;1-2H3/b14-11+;.